The number of aryl methyl sites for hydroxylation is 2. The molecule has 0 aliphatic rings. The minimum Gasteiger partial charge on any atom is -0.377 e. The molecule has 2 nitrogen and oxygen atoms in total. The first-order valence-corrected chi connectivity index (χ1v) is 5.90. The average Bonchev–Trinajstić information content (AvgIpc) is 2.29. The first kappa shape index (κ1) is 11.6. The molecule has 1 unspecified atom stereocenters. The summed E-state index contributed by atoms with van der Waals surface area (Å²) in [5.74, 6) is 0. The van der Waals surface area contributed by atoms with Gasteiger partial charge in [-0.2, -0.15) is 0 Å². The van der Waals surface area contributed by atoms with Gasteiger partial charge in [-0.25, -0.2) is 0 Å². The number of nitrogens with one attached hydrogen (secondary N) is 1. The van der Waals surface area contributed by atoms with Crippen LogP contribution in [0.2, 0.25) is 0 Å². The van der Waals surface area contributed by atoms with Crippen molar-refractivity contribution in [2.24, 2.45) is 0 Å². The lowest BCUT2D eigenvalue weighted by atomic mass is 10.1. The number of rotatable bonds is 3. The normalized spacial score (nSPS) is 12.2. The smallest absolute Gasteiger partial charge is 0.0534 e. The molecule has 88 valence electrons. The van der Waals surface area contributed by atoms with Gasteiger partial charge in [0, 0.05) is 18.4 Å². The zero-order chi connectivity index (χ0) is 12.3. The Morgan fingerprint density at radius 3 is 2.59 bits per heavy atom. The minimum atomic E-state index is 0.290. The van der Waals surface area contributed by atoms with E-state index in [4.69, 9.17) is 0 Å². The Labute approximate surface area is 103 Å². The summed E-state index contributed by atoms with van der Waals surface area (Å²) < 4.78 is 0. The molecule has 1 atom stereocenters. The summed E-state index contributed by atoms with van der Waals surface area (Å²) in [6, 6.07) is 11.0. The van der Waals surface area contributed by atoms with Crippen molar-refractivity contribution in [3.8, 4) is 0 Å². The van der Waals surface area contributed by atoms with E-state index in [0.717, 1.165) is 5.69 Å². The molecule has 0 saturated heterocycles. The van der Waals surface area contributed by atoms with Gasteiger partial charge in [-0.15, -0.1) is 0 Å². The third-order valence-corrected chi connectivity index (χ3v) is 2.80. The standard InChI is InChI=1S/C15H18N2/c1-11-5-4-6-14(7-11)13(3)17-15-8-12(2)9-16-10-15/h4-10,13,17H,1-3H3. The highest BCUT2D eigenvalue weighted by Gasteiger charge is 2.05. The molecule has 0 radical (unpaired) electrons. The molecule has 0 bridgehead atoms. The molecule has 2 heteroatoms. The van der Waals surface area contributed by atoms with Gasteiger partial charge in [0.15, 0.2) is 0 Å². The third-order valence-electron chi connectivity index (χ3n) is 2.80. The summed E-state index contributed by atoms with van der Waals surface area (Å²) in [6.07, 6.45) is 3.72. The zero-order valence-electron chi connectivity index (χ0n) is 10.6. The predicted octanol–water partition coefficient (Wildman–Crippen LogP) is 3.87. The van der Waals surface area contributed by atoms with Gasteiger partial charge in [0.1, 0.15) is 0 Å². The lowest BCUT2D eigenvalue weighted by Crippen LogP contribution is -2.07. The van der Waals surface area contributed by atoms with Gasteiger partial charge in [0.25, 0.3) is 0 Å². The van der Waals surface area contributed by atoms with E-state index in [0.29, 0.717) is 6.04 Å². The Bertz CT molecular complexity index is 506. The predicted molar refractivity (Wildman–Crippen MR) is 72.2 cm³/mol. The quantitative estimate of drug-likeness (QED) is 0.859. The van der Waals surface area contributed by atoms with Crippen LogP contribution in [0, 0.1) is 13.8 Å². The monoisotopic (exact) mass is 226 g/mol. The van der Waals surface area contributed by atoms with E-state index >= 15 is 0 Å². The Morgan fingerprint density at radius 1 is 1.06 bits per heavy atom. The van der Waals surface area contributed by atoms with Gasteiger partial charge < -0.3 is 5.32 Å². The SMILES string of the molecule is Cc1cncc(NC(C)c2cccc(C)c2)c1. The molecule has 0 fully saturated rings. The second-order valence-corrected chi connectivity index (χ2v) is 4.53. The Hall–Kier alpha value is -1.83. The van der Waals surface area contributed by atoms with Crippen LogP contribution in [0.1, 0.15) is 29.7 Å². The molecule has 0 saturated carbocycles. The minimum absolute atomic E-state index is 0.290. The van der Waals surface area contributed by atoms with Crippen LogP contribution in [0.3, 0.4) is 0 Å². The fourth-order valence-electron chi connectivity index (χ4n) is 1.91. The summed E-state index contributed by atoms with van der Waals surface area (Å²) >= 11 is 0. The van der Waals surface area contributed by atoms with E-state index < -0.39 is 0 Å². The van der Waals surface area contributed by atoms with Crippen molar-refractivity contribution in [1.82, 2.24) is 4.98 Å². The first-order chi connectivity index (χ1) is 8.15. The summed E-state index contributed by atoms with van der Waals surface area (Å²) in [5.41, 5.74) is 4.83. The van der Waals surface area contributed by atoms with Gasteiger partial charge in [-0.3, -0.25) is 4.98 Å². The molecule has 0 spiro atoms. The molecule has 0 aliphatic carbocycles. The van der Waals surface area contributed by atoms with Crippen LogP contribution >= 0.6 is 0 Å². The Balaban J connectivity index is 2.14. The van der Waals surface area contributed by atoms with E-state index in [2.05, 4.69) is 61.4 Å². The van der Waals surface area contributed by atoms with E-state index in [-0.39, 0.29) is 0 Å². The summed E-state index contributed by atoms with van der Waals surface area (Å²) in [7, 11) is 0. The van der Waals surface area contributed by atoms with Crippen molar-refractivity contribution in [2.45, 2.75) is 26.8 Å². The molecule has 17 heavy (non-hydrogen) atoms. The Kier molecular flexibility index (Phi) is 3.43. The van der Waals surface area contributed by atoms with Gasteiger partial charge in [-0.1, -0.05) is 29.8 Å². The largest absolute Gasteiger partial charge is 0.377 e. The van der Waals surface area contributed by atoms with Gasteiger partial charge >= 0.3 is 0 Å². The molecule has 2 aromatic rings. The van der Waals surface area contributed by atoms with Crippen molar-refractivity contribution < 1.29 is 0 Å². The number of hydrogen-bond acceptors (Lipinski definition) is 2. The van der Waals surface area contributed by atoms with Crippen molar-refractivity contribution >= 4 is 5.69 Å². The maximum absolute atomic E-state index is 4.19. The second-order valence-electron chi connectivity index (χ2n) is 4.53. The number of pyridine rings is 1. The summed E-state index contributed by atoms with van der Waals surface area (Å²) in [5, 5.41) is 3.46. The van der Waals surface area contributed by atoms with Crippen LogP contribution in [0.4, 0.5) is 5.69 Å². The fourth-order valence-corrected chi connectivity index (χ4v) is 1.91. The summed E-state index contributed by atoms with van der Waals surface area (Å²) in [6.45, 7) is 6.33. The van der Waals surface area contributed by atoms with Crippen molar-refractivity contribution in [2.75, 3.05) is 5.32 Å². The number of hydrogen-bond donors (Lipinski definition) is 1. The van der Waals surface area contributed by atoms with Gasteiger partial charge in [-0.05, 0) is 38.0 Å². The molecule has 2 rings (SSSR count). The van der Waals surface area contributed by atoms with Crippen LogP contribution in [0.15, 0.2) is 42.7 Å². The van der Waals surface area contributed by atoms with Crippen molar-refractivity contribution in [3.63, 3.8) is 0 Å². The molecule has 1 heterocycles. The van der Waals surface area contributed by atoms with Gasteiger partial charge in [0.2, 0.25) is 0 Å². The number of anilines is 1. The maximum Gasteiger partial charge on any atom is 0.0534 e. The van der Waals surface area contributed by atoms with E-state index in [1.807, 2.05) is 12.4 Å². The number of aromatic nitrogens is 1. The average molecular weight is 226 g/mol. The van der Waals surface area contributed by atoms with Crippen LogP contribution in [-0.4, -0.2) is 4.98 Å². The van der Waals surface area contributed by atoms with E-state index in [1.54, 1.807) is 0 Å². The maximum atomic E-state index is 4.19. The second kappa shape index (κ2) is 5.00. The highest BCUT2D eigenvalue weighted by Crippen LogP contribution is 2.19. The highest BCUT2D eigenvalue weighted by atomic mass is 14.9. The highest BCUT2D eigenvalue weighted by molar-refractivity contribution is 5.45. The lowest BCUT2D eigenvalue weighted by Gasteiger charge is -2.16. The van der Waals surface area contributed by atoms with Crippen LogP contribution in [-0.2, 0) is 0 Å². The molecule has 0 aliphatic heterocycles. The van der Waals surface area contributed by atoms with Crippen molar-refractivity contribution in [1.29, 1.82) is 0 Å². The molecule has 1 N–H and O–H groups in total. The van der Waals surface area contributed by atoms with E-state index in [9.17, 15) is 0 Å². The van der Waals surface area contributed by atoms with E-state index in [1.165, 1.54) is 16.7 Å². The molecular formula is C15H18N2. The number of benzene rings is 1. The van der Waals surface area contributed by atoms with Crippen molar-refractivity contribution in [3.05, 3.63) is 59.4 Å². The zero-order valence-corrected chi connectivity index (χ0v) is 10.6. The summed E-state index contributed by atoms with van der Waals surface area (Å²) in [4.78, 5) is 4.19. The fraction of sp³-hybridized carbons (Fsp3) is 0.267. The Morgan fingerprint density at radius 2 is 1.88 bits per heavy atom. The molecule has 1 aromatic carbocycles. The molecule has 0 amide bonds. The topological polar surface area (TPSA) is 24.9 Å². The van der Waals surface area contributed by atoms with Crippen LogP contribution in [0.25, 0.3) is 0 Å². The van der Waals surface area contributed by atoms with Crippen LogP contribution in [0.5, 0.6) is 0 Å². The first-order valence-electron chi connectivity index (χ1n) is 5.90. The lowest BCUT2D eigenvalue weighted by molar-refractivity contribution is 0.880. The van der Waals surface area contributed by atoms with Crippen LogP contribution < -0.4 is 5.32 Å². The molecule has 1 aromatic heterocycles. The molecular weight excluding hydrogens is 208 g/mol. The number of nitrogens with zero attached hydrogens (tertiary/aromatic N) is 1. The van der Waals surface area contributed by atoms with Gasteiger partial charge in [0.05, 0.1) is 5.69 Å². The third kappa shape index (κ3) is 3.06.